The van der Waals surface area contributed by atoms with Gasteiger partial charge in [-0.3, -0.25) is 4.99 Å². The zero-order chi connectivity index (χ0) is 21.7. The second-order valence-corrected chi connectivity index (χ2v) is 9.81. The van der Waals surface area contributed by atoms with Gasteiger partial charge in [-0.2, -0.15) is 0 Å². The Kier molecular flexibility index (Phi) is 9.64. The summed E-state index contributed by atoms with van der Waals surface area (Å²) in [7, 11) is 4.20. The molecule has 3 saturated heterocycles. The topological polar surface area (TPSA) is 60.9 Å². The van der Waals surface area contributed by atoms with E-state index in [1.165, 1.54) is 37.7 Å². The van der Waals surface area contributed by atoms with Crippen molar-refractivity contribution in [2.24, 2.45) is 4.99 Å². The predicted molar refractivity (Wildman–Crippen MR) is 143 cm³/mol. The monoisotopic (exact) mass is 555 g/mol. The quantitative estimate of drug-likeness (QED) is 0.284. The number of hydrogen-bond donors (Lipinski definition) is 3. The molecule has 1 aromatic rings. The zero-order valence-electron chi connectivity index (χ0n) is 20.0. The minimum absolute atomic E-state index is 0. The minimum Gasteiger partial charge on any atom is -0.381 e. The summed E-state index contributed by atoms with van der Waals surface area (Å²) in [6, 6.07) is 13.0. The summed E-state index contributed by atoms with van der Waals surface area (Å²) >= 11 is 0. The molecule has 7 heteroatoms. The van der Waals surface area contributed by atoms with Crippen molar-refractivity contribution in [3.63, 3.8) is 0 Å². The van der Waals surface area contributed by atoms with Crippen LogP contribution in [0.2, 0.25) is 0 Å². The Morgan fingerprint density at radius 3 is 2.44 bits per heavy atom. The molecule has 3 N–H and O–H groups in total. The van der Waals surface area contributed by atoms with Crippen molar-refractivity contribution in [1.29, 1.82) is 0 Å². The number of ether oxygens (including phenoxy) is 1. The molecule has 3 heterocycles. The fraction of sp³-hybridized carbons (Fsp3) is 0.720. The fourth-order valence-corrected chi connectivity index (χ4v) is 5.79. The molecule has 0 aromatic heterocycles. The van der Waals surface area contributed by atoms with Crippen molar-refractivity contribution in [3.8, 4) is 0 Å². The van der Waals surface area contributed by atoms with Crippen LogP contribution in [0.15, 0.2) is 35.3 Å². The summed E-state index contributed by atoms with van der Waals surface area (Å²) in [5.74, 6) is 0.938. The van der Waals surface area contributed by atoms with Crippen LogP contribution in [-0.4, -0.2) is 68.4 Å². The molecule has 2 bridgehead atoms. The van der Waals surface area contributed by atoms with E-state index in [1.54, 1.807) is 0 Å². The average molecular weight is 556 g/mol. The van der Waals surface area contributed by atoms with Gasteiger partial charge in [0.2, 0.25) is 0 Å². The molecule has 1 aromatic carbocycles. The van der Waals surface area contributed by atoms with Crippen molar-refractivity contribution in [3.05, 3.63) is 35.9 Å². The largest absolute Gasteiger partial charge is 0.381 e. The highest BCUT2D eigenvalue weighted by Gasteiger charge is 2.37. The number of aliphatic imine (C=N–C) groups is 1. The molecule has 0 aliphatic carbocycles. The van der Waals surface area contributed by atoms with Gasteiger partial charge in [0, 0.05) is 56.5 Å². The third kappa shape index (κ3) is 6.36. The van der Waals surface area contributed by atoms with E-state index in [2.05, 4.69) is 70.1 Å². The molecule has 6 nitrogen and oxygen atoms in total. The molecule has 0 spiro atoms. The third-order valence-electron chi connectivity index (χ3n) is 7.77. The maximum Gasteiger partial charge on any atom is 0.191 e. The summed E-state index contributed by atoms with van der Waals surface area (Å²) in [5, 5.41) is 11.4. The highest BCUT2D eigenvalue weighted by Crippen LogP contribution is 2.32. The van der Waals surface area contributed by atoms with Gasteiger partial charge in [0.05, 0.1) is 0 Å². The van der Waals surface area contributed by atoms with Crippen molar-refractivity contribution < 1.29 is 4.74 Å². The van der Waals surface area contributed by atoms with Crippen LogP contribution in [0.3, 0.4) is 0 Å². The van der Waals surface area contributed by atoms with E-state index in [0.29, 0.717) is 12.1 Å². The van der Waals surface area contributed by atoms with Crippen LogP contribution in [0, 0.1) is 0 Å². The molecule has 3 fully saturated rings. The van der Waals surface area contributed by atoms with Gasteiger partial charge in [0.1, 0.15) is 0 Å². The molecule has 3 atom stereocenters. The average Bonchev–Trinajstić information content (AvgIpc) is 2.78. The molecule has 3 aliphatic rings. The molecular formula is C25H42IN5O. The second kappa shape index (κ2) is 12.0. The number of nitrogens with one attached hydrogen (secondary N) is 3. The summed E-state index contributed by atoms with van der Waals surface area (Å²) in [6.07, 6.45) is 8.50. The van der Waals surface area contributed by atoms with E-state index in [1.807, 2.05) is 7.05 Å². The van der Waals surface area contributed by atoms with E-state index < -0.39 is 0 Å². The van der Waals surface area contributed by atoms with E-state index in [9.17, 15) is 0 Å². The van der Waals surface area contributed by atoms with Crippen LogP contribution >= 0.6 is 24.0 Å². The molecular weight excluding hydrogens is 513 g/mol. The summed E-state index contributed by atoms with van der Waals surface area (Å²) in [5.41, 5.74) is 1.34. The number of fused-ring (bicyclic) bond motifs is 2. The maximum atomic E-state index is 5.70. The molecule has 3 aliphatic heterocycles. The van der Waals surface area contributed by atoms with Gasteiger partial charge in [-0.1, -0.05) is 36.8 Å². The number of hydrogen-bond acceptors (Lipinski definition) is 4. The zero-order valence-corrected chi connectivity index (χ0v) is 22.3. The van der Waals surface area contributed by atoms with Crippen LogP contribution in [0.4, 0.5) is 0 Å². The first-order chi connectivity index (χ1) is 15.1. The van der Waals surface area contributed by atoms with Crippen molar-refractivity contribution in [2.75, 3.05) is 33.9 Å². The number of nitrogens with zero attached hydrogens (tertiary/aromatic N) is 2. The lowest BCUT2D eigenvalue weighted by Crippen LogP contribution is -2.60. The maximum absolute atomic E-state index is 5.70. The molecule has 3 unspecified atom stereocenters. The van der Waals surface area contributed by atoms with E-state index in [4.69, 9.17) is 4.74 Å². The summed E-state index contributed by atoms with van der Waals surface area (Å²) < 4.78 is 5.70. The second-order valence-electron chi connectivity index (χ2n) is 9.81. The Labute approximate surface area is 211 Å². The number of halogens is 1. The van der Waals surface area contributed by atoms with Crippen LogP contribution in [0.1, 0.15) is 63.5 Å². The highest BCUT2D eigenvalue weighted by molar-refractivity contribution is 14.0. The predicted octanol–water partition coefficient (Wildman–Crippen LogP) is 3.68. The first kappa shape index (κ1) is 25.7. The van der Waals surface area contributed by atoms with E-state index in [0.717, 1.165) is 50.6 Å². The lowest BCUT2D eigenvalue weighted by atomic mass is 9.82. The van der Waals surface area contributed by atoms with Gasteiger partial charge >= 0.3 is 0 Å². The standard InChI is InChI=1S/C25H41N5O.HI/c1-19(20-8-5-4-6-9-20)29-25(12-14-31-15-13-25)18-27-24(26-2)28-21-16-22-10-7-11-23(17-21)30(22)3;/h4-6,8-9,19,21-23,29H,7,10-18H2,1-3H3,(H2,26,27,28);1H. The van der Waals surface area contributed by atoms with Gasteiger partial charge in [-0.05, 0) is 58.1 Å². The van der Waals surface area contributed by atoms with Crippen molar-refractivity contribution in [2.45, 2.75) is 81.6 Å². The Hall–Kier alpha value is -0.900. The molecule has 0 saturated carbocycles. The van der Waals surface area contributed by atoms with Gasteiger partial charge < -0.3 is 25.6 Å². The molecule has 4 rings (SSSR count). The number of rotatable bonds is 6. The van der Waals surface area contributed by atoms with E-state index in [-0.39, 0.29) is 29.5 Å². The normalized spacial score (nSPS) is 29.0. The van der Waals surface area contributed by atoms with Gasteiger partial charge in [-0.15, -0.1) is 24.0 Å². The van der Waals surface area contributed by atoms with Gasteiger partial charge in [0.25, 0.3) is 0 Å². The molecule has 0 radical (unpaired) electrons. The van der Waals surface area contributed by atoms with Crippen LogP contribution < -0.4 is 16.0 Å². The fourth-order valence-electron chi connectivity index (χ4n) is 5.79. The van der Waals surface area contributed by atoms with Crippen molar-refractivity contribution >= 4 is 29.9 Å². The smallest absolute Gasteiger partial charge is 0.191 e. The minimum atomic E-state index is 0. The lowest BCUT2D eigenvalue weighted by molar-refractivity contribution is 0.0352. The Morgan fingerprint density at radius 1 is 1.16 bits per heavy atom. The number of piperidine rings is 2. The lowest BCUT2D eigenvalue weighted by Gasteiger charge is -2.47. The Morgan fingerprint density at radius 2 is 1.81 bits per heavy atom. The van der Waals surface area contributed by atoms with Crippen molar-refractivity contribution in [1.82, 2.24) is 20.9 Å². The number of guanidine groups is 1. The van der Waals surface area contributed by atoms with E-state index >= 15 is 0 Å². The first-order valence-corrected chi connectivity index (χ1v) is 12.2. The summed E-state index contributed by atoms with van der Waals surface area (Å²) in [4.78, 5) is 7.18. The van der Waals surface area contributed by atoms with Crippen LogP contribution in [0.25, 0.3) is 0 Å². The summed E-state index contributed by atoms with van der Waals surface area (Å²) in [6.45, 7) is 4.73. The number of benzene rings is 1. The Bertz CT molecular complexity index is 710. The molecule has 0 amide bonds. The SMILES string of the molecule is CN=C(NCC1(NC(C)c2ccccc2)CCOCC1)NC1CC2CCCC(C1)N2C.I. The molecule has 32 heavy (non-hydrogen) atoms. The molecule has 180 valence electrons. The third-order valence-corrected chi connectivity index (χ3v) is 7.77. The Balaban J connectivity index is 0.00000289. The van der Waals surface area contributed by atoms with Gasteiger partial charge in [0.15, 0.2) is 5.96 Å². The first-order valence-electron chi connectivity index (χ1n) is 12.2. The highest BCUT2D eigenvalue weighted by atomic mass is 127. The van der Waals surface area contributed by atoms with Crippen LogP contribution in [0.5, 0.6) is 0 Å². The van der Waals surface area contributed by atoms with Gasteiger partial charge in [-0.25, -0.2) is 0 Å². The van der Waals surface area contributed by atoms with Crippen LogP contribution in [-0.2, 0) is 4.74 Å².